The largest absolute Gasteiger partial charge is 0.504 e. The molecule has 0 aliphatic heterocycles. The maximum absolute atomic E-state index is 9.77. The monoisotopic (exact) mass is 305 g/mol. The quantitative estimate of drug-likeness (QED) is 0.789. The van der Waals surface area contributed by atoms with Crippen molar-refractivity contribution in [2.24, 2.45) is 0 Å². The van der Waals surface area contributed by atoms with E-state index < -0.39 is 0 Å². The predicted octanol–water partition coefficient (Wildman–Crippen LogP) is 1.94. The van der Waals surface area contributed by atoms with Crippen LogP contribution >= 0.6 is 11.6 Å². The van der Waals surface area contributed by atoms with Crippen molar-refractivity contribution in [3.63, 3.8) is 0 Å². The molecule has 0 saturated carbocycles. The van der Waals surface area contributed by atoms with Gasteiger partial charge in [0.05, 0.1) is 17.3 Å². The van der Waals surface area contributed by atoms with E-state index in [1.165, 1.54) is 12.1 Å². The van der Waals surface area contributed by atoms with Gasteiger partial charge in [-0.25, -0.2) is 4.98 Å². The molecule has 1 aromatic heterocycles. The molecule has 2 rings (SSSR count). The maximum Gasteiger partial charge on any atom is 0.222 e. The predicted molar refractivity (Wildman–Crippen MR) is 78.9 cm³/mol. The number of aromatic nitrogens is 2. The number of phenolic OH excluding ortho intramolecular Hbond substituents is 1. The standard InChI is InChI=1S/C13H12ClN5O2/c1-2-21-10-3-6(8(14)4-9(10)20)11-7(5-15)12(16)19-13(17)18-11/h3-4,20H,2H2,1H3,(H4,16,17,18,19). The fourth-order valence-electron chi connectivity index (χ4n) is 1.80. The van der Waals surface area contributed by atoms with Crippen LogP contribution in [0.15, 0.2) is 12.1 Å². The van der Waals surface area contributed by atoms with Crippen LogP contribution in [0.4, 0.5) is 11.8 Å². The van der Waals surface area contributed by atoms with Gasteiger partial charge in [-0.1, -0.05) is 11.6 Å². The third kappa shape index (κ3) is 2.75. The summed E-state index contributed by atoms with van der Waals surface area (Å²) in [6.07, 6.45) is 0. The number of ether oxygens (including phenoxy) is 1. The third-order valence-electron chi connectivity index (χ3n) is 2.67. The highest BCUT2D eigenvalue weighted by Gasteiger charge is 2.18. The van der Waals surface area contributed by atoms with E-state index in [2.05, 4.69) is 9.97 Å². The number of nitrogens with two attached hydrogens (primary N) is 2. The summed E-state index contributed by atoms with van der Waals surface area (Å²) < 4.78 is 5.29. The van der Waals surface area contributed by atoms with Crippen LogP contribution in [0, 0.1) is 11.3 Å². The second-order valence-corrected chi connectivity index (χ2v) is 4.44. The lowest BCUT2D eigenvalue weighted by molar-refractivity contribution is 0.318. The fourth-order valence-corrected chi connectivity index (χ4v) is 2.04. The number of anilines is 2. The van der Waals surface area contributed by atoms with Crippen LogP contribution in [-0.2, 0) is 0 Å². The maximum atomic E-state index is 9.77. The molecule has 0 aliphatic rings. The van der Waals surface area contributed by atoms with Gasteiger partial charge in [-0.3, -0.25) is 0 Å². The zero-order valence-electron chi connectivity index (χ0n) is 11.1. The van der Waals surface area contributed by atoms with Crippen LogP contribution in [0.5, 0.6) is 11.5 Å². The van der Waals surface area contributed by atoms with Gasteiger partial charge in [0.25, 0.3) is 0 Å². The Hall–Kier alpha value is -2.72. The van der Waals surface area contributed by atoms with Crippen molar-refractivity contribution in [1.29, 1.82) is 5.26 Å². The topological polar surface area (TPSA) is 131 Å². The number of rotatable bonds is 3. The van der Waals surface area contributed by atoms with E-state index >= 15 is 0 Å². The molecule has 0 aliphatic carbocycles. The van der Waals surface area contributed by atoms with E-state index in [4.69, 9.17) is 27.8 Å². The molecule has 21 heavy (non-hydrogen) atoms. The minimum Gasteiger partial charge on any atom is -0.504 e. The number of aromatic hydroxyl groups is 1. The number of nitrogen functional groups attached to an aromatic ring is 2. The Morgan fingerprint density at radius 2 is 2.10 bits per heavy atom. The molecule has 7 nitrogen and oxygen atoms in total. The zero-order valence-corrected chi connectivity index (χ0v) is 11.8. The first-order valence-electron chi connectivity index (χ1n) is 5.96. The summed E-state index contributed by atoms with van der Waals surface area (Å²) in [5, 5.41) is 19.2. The van der Waals surface area contributed by atoms with Gasteiger partial charge in [0.1, 0.15) is 17.5 Å². The molecule has 5 N–H and O–H groups in total. The number of hydrogen-bond acceptors (Lipinski definition) is 7. The molecule has 0 atom stereocenters. The highest BCUT2D eigenvalue weighted by atomic mass is 35.5. The first kappa shape index (κ1) is 14.7. The number of nitrogens with zero attached hydrogens (tertiary/aromatic N) is 3. The van der Waals surface area contributed by atoms with Gasteiger partial charge < -0.3 is 21.3 Å². The van der Waals surface area contributed by atoms with Crippen LogP contribution in [-0.4, -0.2) is 21.7 Å². The zero-order chi connectivity index (χ0) is 15.6. The van der Waals surface area contributed by atoms with Crippen molar-refractivity contribution in [1.82, 2.24) is 9.97 Å². The number of halogens is 1. The van der Waals surface area contributed by atoms with Gasteiger partial charge in [0.2, 0.25) is 5.95 Å². The van der Waals surface area contributed by atoms with Gasteiger partial charge in [0, 0.05) is 11.6 Å². The summed E-state index contributed by atoms with van der Waals surface area (Å²) in [6.45, 7) is 2.13. The molecule has 0 radical (unpaired) electrons. The van der Waals surface area contributed by atoms with Gasteiger partial charge in [-0.2, -0.15) is 10.2 Å². The van der Waals surface area contributed by atoms with Crippen molar-refractivity contribution in [3.05, 3.63) is 22.7 Å². The SMILES string of the molecule is CCOc1cc(-c2nc(N)nc(N)c2C#N)c(Cl)cc1O. The van der Waals surface area contributed by atoms with E-state index in [1.807, 2.05) is 6.07 Å². The van der Waals surface area contributed by atoms with E-state index in [0.717, 1.165) is 0 Å². The minimum atomic E-state index is -0.112. The highest BCUT2D eigenvalue weighted by molar-refractivity contribution is 6.33. The smallest absolute Gasteiger partial charge is 0.222 e. The summed E-state index contributed by atoms with van der Waals surface area (Å²) in [7, 11) is 0. The van der Waals surface area contributed by atoms with Crippen molar-refractivity contribution in [2.45, 2.75) is 6.92 Å². The van der Waals surface area contributed by atoms with Crippen LogP contribution in [0.3, 0.4) is 0 Å². The summed E-state index contributed by atoms with van der Waals surface area (Å²) >= 11 is 6.10. The summed E-state index contributed by atoms with van der Waals surface area (Å²) in [4.78, 5) is 7.74. The Labute approximate surface area is 125 Å². The normalized spacial score (nSPS) is 10.1. The van der Waals surface area contributed by atoms with Crippen LogP contribution in [0.2, 0.25) is 5.02 Å². The molecule has 1 aromatic carbocycles. The van der Waals surface area contributed by atoms with Crippen LogP contribution < -0.4 is 16.2 Å². The average molecular weight is 306 g/mol. The highest BCUT2D eigenvalue weighted by Crippen LogP contribution is 2.39. The van der Waals surface area contributed by atoms with E-state index in [9.17, 15) is 10.4 Å². The first-order chi connectivity index (χ1) is 9.97. The van der Waals surface area contributed by atoms with Gasteiger partial charge in [-0.15, -0.1) is 0 Å². The Balaban J connectivity index is 2.73. The number of nitriles is 1. The molecule has 0 saturated heterocycles. The van der Waals surface area contributed by atoms with E-state index in [0.29, 0.717) is 12.2 Å². The number of benzene rings is 1. The van der Waals surface area contributed by atoms with E-state index in [1.54, 1.807) is 6.92 Å². The Kier molecular flexibility index (Phi) is 4.00. The molecule has 0 spiro atoms. The first-order valence-corrected chi connectivity index (χ1v) is 6.34. The Morgan fingerprint density at radius 3 is 2.71 bits per heavy atom. The number of phenols is 1. The van der Waals surface area contributed by atoms with Gasteiger partial charge >= 0.3 is 0 Å². The van der Waals surface area contributed by atoms with Crippen molar-refractivity contribution >= 4 is 23.4 Å². The molecule has 2 aromatic rings. The fraction of sp³-hybridized carbons (Fsp3) is 0.154. The molecular formula is C13H12ClN5O2. The Bertz CT molecular complexity index is 742. The summed E-state index contributed by atoms with van der Waals surface area (Å²) in [5.41, 5.74) is 11.8. The minimum absolute atomic E-state index is 0.0397. The van der Waals surface area contributed by atoms with Crippen molar-refractivity contribution < 1.29 is 9.84 Å². The molecule has 108 valence electrons. The average Bonchev–Trinajstić information content (AvgIpc) is 2.41. The van der Waals surface area contributed by atoms with E-state index in [-0.39, 0.29) is 39.5 Å². The number of hydrogen-bond donors (Lipinski definition) is 3. The molecule has 0 unspecified atom stereocenters. The molecule has 8 heteroatoms. The van der Waals surface area contributed by atoms with Crippen LogP contribution in [0.1, 0.15) is 12.5 Å². The second kappa shape index (κ2) is 5.73. The molecular weight excluding hydrogens is 294 g/mol. The lowest BCUT2D eigenvalue weighted by atomic mass is 10.1. The van der Waals surface area contributed by atoms with Crippen LogP contribution in [0.25, 0.3) is 11.3 Å². The molecule has 0 fully saturated rings. The third-order valence-corrected chi connectivity index (χ3v) is 2.98. The lowest BCUT2D eigenvalue weighted by Gasteiger charge is -2.12. The van der Waals surface area contributed by atoms with Gasteiger partial charge in [0.15, 0.2) is 11.5 Å². The summed E-state index contributed by atoms with van der Waals surface area (Å²) in [6, 6.07) is 4.69. The molecule has 0 bridgehead atoms. The van der Waals surface area contributed by atoms with Gasteiger partial charge in [-0.05, 0) is 13.0 Å². The molecule has 1 heterocycles. The second-order valence-electron chi connectivity index (χ2n) is 4.04. The summed E-state index contributed by atoms with van der Waals surface area (Å²) in [5.74, 6) is -0.0126. The Morgan fingerprint density at radius 1 is 1.38 bits per heavy atom. The molecule has 0 amide bonds. The van der Waals surface area contributed by atoms with Crippen molar-refractivity contribution in [2.75, 3.05) is 18.1 Å². The lowest BCUT2D eigenvalue weighted by Crippen LogP contribution is -2.05. The van der Waals surface area contributed by atoms with Crippen molar-refractivity contribution in [3.8, 4) is 28.8 Å².